The summed E-state index contributed by atoms with van der Waals surface area (Å²) in [5.41, 5.74) is 0.589. The van der Waals surface area contributed by atoms with E-state index in [1.165, 1.54) is 4.90 Å². The first-order chi connectivity index (χ1) is 12.5. The summed E-state index contributed by atoms with van der Waals surface area (Å²) in [6.07, 6.45) is 5.39. The van der Waals surface area contributed by atoms with Crippen LogP contribution in [-0.2, 0) is 14.4 Å². The van der Waals surface area contributed by atoms with Crippen LogP contribution < -0.4 is 5.32 Å². The van der Waals surface area contributed by atoms with Gasteiger partial charge in [-0.05, 0) is 61.3 Å². The molecule has 4 aliphatic carbocycles. The molecule has 3 fully saturated rings. The second-order valence-corrected chi connectivity index (χ2v) is 8.31. The number of hydrogen-bond donors (Lipinski definition) is 1. The highest BCUT2D eigenvalue weighted by Gasteiger charge is 2.67. The van der Waals surface area contributed by atoms with Crippen molar-refractivity contribution in [2.75, 3.05) is 5.32 Å². The zero-order valence-corrected chi connectivity index (χ0v) is 15.0. The van der Waals surface area contributed by atoms with Crippen molar-refractivity contribution < 1.29 is 14.4 Å². The summed E-state index contributed by atoms with van der Waals surface area (Å²) in [5, 5.41) is 3.34. The summed E-state index contributed by atoms with van der Waals surface area (Å²) in [4.78, 5) is 39.9. The van der Waals surface area contributed by atoms with Crippen molar-refractivity contribution in [1.82, 2.24) is 4.90 Å². The maximum atomic E-state index is 13.0. The number of benzene rings is 1. The van der Waals surface area contributed by atoms with E-state index in [-0.39, 0.29) is 41.4 Å². The van der Waals surface area contributed by atoms with Crippen molar-refractivity contribution in [2.24, 2.45) is 35.5 Å². The van der Waals surface area contributed by atoms with Gasteiger partial charge in [-0.15, -0.1) is 0 Å². The molecule has 5 aliphatic rings. The van der Waals surface area contributed by atoms with Crippen molar-refractivity contribution in [3.05, 3.63) is 41.4 Å². The fourth-order valence-electron chi connectivity index (χ4n) is 5.26. The Kier molecular flexibility index (Phi) is 3.35. The number of amides is 3. The number of halogens is 1. The van der Waals surface area contributed by atoms with E-state index in [9.17, 15) is 14.4 Å². The predicted octanol–water partition coefficient (Wildman–Crippen LogP) is 2.72. The first-order valence-corrected chi connectivity index (χ1v) is 9.47. The van der Waals surface area contributed by atoms with Crippen LogP contribution in [0.15, 0.2) is 36.4 Å². The molecule has 1 aliphatic heterocycles. The molecular formula is C20H19ClN2O3. The average Bonchev–Trinajstić information content (AvgIpc) is 3.41. The Morgan fingerprint density at radius 3 is 2.15 bits per heavy atom. The Morgan fingerprint density at radius 1 is 1.08 bits per heavy atom. The number of anilines is 1. The Balaban J connectivity index is 1.37. The minimum absolute atomic E-state index is 0.169. The van der Waals surface area contributed by atoms with Crippen LogP contribution in [0.1, 0.15) is 13.3 Å². The number of carbonyl (C=O) groups is 3. The Labute approximate surface area is 156 Å². The smallest absolute Gasteiger partial charge is 0.247 e. The molecule has 0 aromatic heterocycles. The van der Waals surface area contributed by atoms with Gasteiger partial charge < -0.3 is 5.32 Å². The summed E-state index contributed by atoms with van der Waals surface area (Å²) in [6, 6.07) is 5.92. The summed E-state index contributed by atoms with van der Waals surface area (Å²) >= 11 is 5.85. The topological polar surface area (TPSA) is 66.5 Å². The second-order valence-electron chi connectivity index (χ2n) is 7.87. The van der Waals surface area contributed by atoms with Gasteiger partial charge in [-0.3, -0.25) is 19.3 Å². The number of rotatable bonds is 3. The third kappa shape index (κ3) is 2.13. The van der Waals surface area contributed by atoms with Crippen LogP contribution in [0.3, 0.4) is 0 Å². The number of carbonyl (C=O) groups excluding carboxylic acids is 3. The summed E-state index contributed by atoms with van der Waals surface area (Å²) in [7, 11) is 0. The standard InChI is InChI=1S/C20H19ClN2O3/c1-9(18(24)22-11-4-2-10(21)3-5-11)23-19(25)16-12-6-7-13(15-8-14(12)15)17(16)20(23)26/h2-7,9,12-17H,8H2,1H3,(H,22,24)/t9-,12+,13+,14+,15+,16-,17+/m0/s1. The van der Waals surface area contributed by atoms with Gasteiger partial charge in [0.1, 0.15) is 6.04 Å². The molecule has 2 bridgehead atoms. The van der Waals surface area contributed by atoms with Gasteiger partial charge in [0, 0.05) is 10.7 Å². The molecule has 2 saturated carbocycles. The zero-order valence-electron chi connectivity index (χ0n) is 14.3. The lowest BCUT2D eigenvalue weighted by Gasteiger charge is -2.37. The van der Waals surface area contributed by atoms with Crippen molar-refractivity contribution in [3.63, 3.8) is 0 Å². The third-order valence-corrected chi connectivity index (χ3v) is 6.83. The fraction of sp³-hybridized carbons (Fsp3) is 0.450. The van der Waals surface area contributed by atoms with Crippen molar-refractivity contribution in [1.29, 1.82) is 0 Å². The molecule has 1 aromatic rings. The first kappa shape index (κ1) is 16.1. The van der Waals surface area contributed by atoms with Crippen LogP contribution in [0.5, 0.6) is 0 Å². The SMILES string of the molecule is C[C@@H](C(=O)Nc1ccc(Cl)cc1)N1C(=O)[C@@H]2[C@@H]3C=C[C@H]([C@H]4C[C@H]34)[C@@H]2C1=O. The molecule has 1 N–H and O–H groups in total. The molecule has 1 aromatic carbocycles. The van der Waals surface area contributed by atoms with E-state index in [4.69, 9.17) is 11.6 Å². The van der Waals surface area contributed by atoms with Crippen LogP contribution in [0, 0.1) is 35.5 Å². The van der Waals surface area contributed by atoms with Crippen LogP contribution >= 0.6 is 11.6 Å². The summed E-state index contributed by atoms with van der Waals surface area (Å²) in [6.45, 7) is 1.62. The van der Waals surface area contributed by atoms with Crippen LogP contribution in [-0.4, -0.2) is 28.7 Å². The molecule has 7 atom stereocenters. The molecule has 0 radical (unpaired) electrons. The fourth-order valence-corrected chi connectivity index (χ4v) is 5.38. The van der Waals surface area contributed by atoms with E-state index in [1.807, 2.05) is 0 Å². The molecule has 3 amide bonds. The Hall–Kier alpha value is -2.14. The number of imide groups is 1. The highest BCUT2D eigenvalue weighted by molar-refractivity contribution is 6.30. The van der Waals surface area contributed by atoms with Gasteiger partial charge in [0.05, 0.1) is 11.8 Å². The Morgan fingerprint density at radius 2 is 1.62 bits per heavy atom. The van der Waals surface area contributed by atoms with Crippen molar-refractivity contribution in [3.8, 4) is 0 Å². The van der Waals surface area contributed by atoms with E-state index in [0.29, 0.717) is 22.5 Å². The molecule has 26 heavy (non-hydrogen) atoms. The largest absolute Gasteiger partial charge is 0.324 e. The highest BCUT2D eigenvalue weighted by Crippen LogP contribution is 2.65. The van der Waals surface area contributed by atoms with Gasteiger partial charge in [0.2, 0.25) is 17.7 Å². The lowest BCUT2D eigenvalue weighted by Crippen LogP contribution is -2.46. The number of allylic oxidation sites excluding steroid dienone is 2. The number of nitrogens with one attached hydrogen (secondary N) is 1. The maximum absolute atomic E-state index is 13.0. The monoisotopic (exact) mass is 370 g/mol. The van der Waals surface area contributed by atoms with Crippen molar-refractivity contribution >= 4 is 35.0 Å². The third-order valence-electron chi connectivity index (χ3n) is 6.58. The first-order valence-electron chi connectivity index (χ1n) is 9.09. The van der Waals surface area contributed by atoms with Crippen LogP contribution in [0.2, 0.25) is 5.02 Å². The van der Waals surface area contributed by atoms with E-state index in [2.05, 4.69) is 17.5 Å². The summed E-state index contributed by atoms with van der Waals surface area (Å²) in [5.74, 6) is 0.192. The summed E-state index contributed by atoms with van der Waals surface area (Å²) < 4.78 is 0. The van der Waals surface area contributed by atoms with E-state index in [1.54, 1.807) is 31.2 Å². The highest BCUT2D eigenvalue weighted by atomic mass is 35.5. The molecule has 0 unspecified atom stereocenters. The van der Waals surface area contributed by atoms with Crippen LogP contribution in [0.4, 0.5) is 5.69 Å². The molecule has 134 valence electrons. The average molecular weight is 371 g/mol. The van der Waals surface area contributed by atoms with Gasteiger partial charge in [-0.2, -0.15) is 0 Å². The van der Waals surface area contributed by atoms with Gasteiger partial charge in [-0.1, -0.05) is 23.8 Å². The molecule has 0 spiro atoms. The van der Waals surface area contributed by atoms with Crippen LogP contribution in [0.25, 0.3) is 0 Å². The Bertz CT molecular complexity index is 813. The molecule has 6 heteroatoms. The predicted molar refractivity (Wildman–Crippen MR) is 96.1 cm³/mol. The van der Waals surface area contributed by atoms with E-state index >= 15 is 0 Å². The molecule has 5 nitrogen and oxygen atoms in total. The van der Waals surface area contributed by atoms with Crippen molar-refractivity contribution in [2.45, 2.75) is 19.4 Å². The van der Waals surface area contributed by atoms with Gasteiger partial charge in [0.25, 0.3) is 0 Å². The zero-order chi connectivity index (χ0) is 18.2. The molecule has 1 heterocycles. The molecule has 6 rings (SSSR count). The number of likely N-dealkylation sites (tertiary alicyclic amines) is 1. The minimum Gasteiger partial charge on any atom is -0.324 e. The molecular weight excluding hydrogens is 352 g/mol. The van der Waals surface area contributed by atoms with Gasteiger partial charge in [0.15, 0.2) is 0 Å². The lowest BCUT2D eigenvalue weighted by atomic mass is 9.63. The number of nitrogens with zero attached hydrogens (tertiary/aromatic N) is 1. The lowest BCUT2D eigenvalue weighted by molar-refractivity contribution is -0.146. The molecule has 1 saturated heterocycles. The van der Waals surface area contributed by atoms with E-state index < -0.39 is 6.04 Å². The maximum Gasteiger partial charge on any atom is 0.247 e. The second kappa shape index (κ2) is 5.43. The normalized spacial score (nSPS) is 37.4. The van der Waals surface area contributed by atoms with Gasteiger partial charge in [-0.25, -0.2) is 0 Å². The number of hydrogen-bond acceptors (Lipinski definition) is 3. The quantitative estimate of drug-likeness (QED) is 0.657. The minimum atomic E-state index is -0.827. The van der Waals surface area contributed by atoms with E-state index in [0.717, 1.165) is 6.42 Å². The van der Waals surface area contributed by atoms with Gasteiger partial charge >= 0.3 is 0 Å².